The van der Waals surface area contributed by atoms with Crippen LogP contribution in [-0.2, 0) is 21.4 Å². The van der Waals surface area contributed by atoms with Gasteiger partial charge < -0.3 is 4.74 Å². The highest BCUT2D eigenvalue weighted by atomic mass is 32.2. The molecule has 0 amide bonds. The van der Waals surface area contributed by atoms with E-state index in [0.717, 1.165) is 5.69 Å². The summed E-state index contributed by atoms with van der Waals surface area (Å²) in [6, 6.07) is 17.3. The van der Waals surface area contributed by atoms with E-state index in [2.05, 4.69) is 5.10 Å². The molecule has 0 N–H and O–H groups in total. The Labute approximate surface area is 170 Å². The molecule has 0 bridgehead atoms. The average molecular weight is 413 g/mol. The van der Waals surface area contributed by atoms with Crippen molar-refractivity contribution < 1.29 is 17.9 Å². The van der Waals surface area contributed by atoms with Gasteiger partial charge in [-0.1, -0.05) is 38.1 Å². The summed E-state index contributed by atoms with van der Waals surface area (Å²) < 4.78 is 33.7. The molecule has 0 aliphatic rings. The maximum atomic E-state index is 12.6. The number of ether oxygens (including phenoxy) is 1. The lowest BCUT2D eigenvalue weighted by Gasteiger charge is -2.18. The van der Waals surface area contributed by atoms with Crippen LogP contribution in [0.4, 0.5) is 0 Å². The van der Waals surface area contributed by atoms with Crippen LogP contribution >= 0.6 is 0 Å². The predicted octanol–water partition coefficient (Wildman–Crippen LogP) is 3.26. The molecule has 2 aromatic carbocycles. The first kappa shape index (κ1) is 20.8. The number of rotatable bonds is 8. The van der Waals surface area contributed by atoms with Crippen molar-refractivity contribution in [3.63, 3.8) is 0 Å². The summed E-state index contributed by atoms with van der Waals surface area (Å²) in [4.78, 5) is 12.5. The van der Waals surface area contributed by atoms with Crippen LogP contribution in [0.25, 0.3) is 5.69 Å². The van der Waals surface area contributed by atoms with Gasteiger partial charge in [-0.3, -0.25) is 0 Å². The molecule has 0 aliphatic carbocycles. The van der Waals surface area contributed by atoms with Crippen molar-refractivity contribution in [1.29, 1.82) is 0 Å². The molecule has 1 heterocycles. The summed E-state index contributed by atoms with van der Waals surface area (Å²) >= 11 is 0. The van der Waals surface area contributed by atoms with Crippen LogP contribution in [0.2, 0.25) is 0 Å². The first-order chi connectivity index (χ1) is 14.0. The molecule has 1 aromatic heterocycles. The van der Waals surface area contributed by atoms with E-state index in [1.165, 1.54) is 28.6 Å². The van der Waals surface area contributed by atoms with Crippen LogP contribution in [-0.4, -0.2) is 41.6 Å². The number of carbonyl (C=O) groups excluding carboxylic acids is 1. The molecule has 0 radical (unpaired) electrons. The van der Waals surface area contributed by atoms with E-state index in [0.29, 0.717) is 18.8 Å². The quantitative estimate of drug-likeness (QED) is 0.530. The van der Waals surface area contributed by atoms with Crippen LogP contribution in [0.1, 0.15) is 29.9 Å². The van der Waals surface area contributed by atoms with Gasteiger partial charge in [-0.25, -0.2) is 17.9 Å². The third-order valence-corrected chi connectivity index (χ3v) is 6.48. The molecule has 0 atom stereocenters. The Balaban J connectivity index is 1.70. The minimum absolute atomic E-state index is 0.00824. The molecule has 0 spiro atoms. The Morgan fingerprint density at radius 1 is 1.03 bits per heavy atom. The SMILES string of the molecule is CCN(CC)S(=O)(=O)c1cccc(C(=O)OCc2ccn(-c3ccccc3)n2)c1. The monoisotopic (exact) mass is 413 g/mol. The molecule has 3 rings (SSSR count). The third kappa shape index (κ3) is 4.72. The number of aromatic nitrogens is 2. The van der Waals surface area contributed by atoms with Gasteiger partial charge in [-0.05, 0) is 36.4 Å². The van der Waals surface area contributed by atoms with Gasteiger partial charge in [-0.15, -0.1) is 0 Å². The van der Waals surface area contributed by atoms with Gasteiger partial charge in [0.05, 0.1) is 16.1 Å². The Hall–Kier alpha value is -2.97. The summed E-state index contributed by atoms with van der Waals surface area (Å²) in [5, 5.41) is 4.39. The zero-order valence-corrected chi connectivity index (χ0v) is 17.2. The van der Waals surface area contributed by atoms with Crippen molar-refractivity contribution in [3.8, 4) is 5.69 Å². The third-order valence-electron chi connectivity index (χ3n) is 4.43. The van der Waals surface area contributed by atoms with Crippen molar-refractivity contribution in [3.05, 3.63) is 78.1 Å². The second kappa shape index (κ2) is 9.02. The summed E-state index contributed by atoms with van der Waals surface area (Å²) in [7, 11) is -3.64. The van der Waals surface area contributed by atoms with E-state index >= 15 is 0 Å². The zero-order valence-electron chi connectivity index (χ0n) is 16.4. The van der Waals surface area contributed by atoms with Crippen LogP contribution in [0, 0.1) is 0 Å². The van der Waals surface area contributed by atoms with Gasteiger partial charge in [0.15, 0.2) is 0 Å². The number of nitrogens with zero attached hydrogens (tertiary/aromatic N) is 3. The van der Waals surface area contributed by atoms with E-state index in [1.807, 2.05) is 30.3 Å². The molecule has 3 aromatic rings. The summed E-state index contributed by atoms with van der Waals surface area (Å²) in [6.45, 7) is 4.25. The highest BCUT2D eigenvalue weighted by molar-refractivity contribution is 7.89. The van der Waals surface area contributed by atoms with Gasteiger partial charge in [0.25, 0.3) is 0 Å². The normalized spacial score (nSPS) is 11.6. The van der Waals surface area contributed by atoms with Gasteiger partial charge in [-0.2, -0.15) is 9.40 Å². The molecule has 0 fully saturated rings. The molecule has 0 saturated carbocycles. The maximum absolute atomic E-state index is 12.6. The van der Waals surface area contributed by atoms with Crippen LogP contribution in [0.3, 0.4) is 0 Å². The van der Waals surface area contributed by atoms with Gasteiger partial charge >= 0.3 is 5.97 Å². The summed E-state index contributed by atoms with van der Waals surface area (Å²) in [5.41, 5.74) is 1.68. The fourth-order valence-electron chi connectivity index (χ4n) is 2.88. The largest absolute Gasteiger partial charge is 0.456 e. The molecular weight excluding hydrogens is 390 g/mol. The average Bonchev–Trinajstić information content (AvgIpc) is 3.22. The Morgan fingerprint density at radius 3 is 2.45 bits per heavy atom. The van der Waals surface area contributed by atoms with Crippen LogP contribution < -0.4 is 0 Å². The zero-order chi connectivity index (χ0) is 20.9. The second-order valence-corrected chi connectivity index (χ2v) is 8.22. The number of esters is 1. The maximum Gasteiger partial charge on any atom is 0.338 e. The molecule has 0 saturated heterocycles. The topological polar surface area (TPSA) is 81.5 Å². The van der Waals surface area contributed by atoms with Crippen molar-refractivity contribution in [2.75, 3.05) is 13.1 Å². The first-order valence-corrected chi connectivity index (χ1v) is 10.8. The highest BCUT2D eigenvalue weighted by Gasteiger charge is 2.22. The molecule has 7 nitrogen and oxygen atoms in total. The Morgan fingerprint density at radius 2 is 1.76 bits per heavy atom. The molecule has 0 aliphatic heterocycles. The number of carbonyl (C=O) groups is 1. The van der Waals surface area contributed by atoms with E-state index in [1.54, 1.807) is 30.8 Å². The minimum Gasteiger partial charge on any atom is -0.456 e. The standard InChI is InChI=1S/C21H23N3O4S/c1-3-23(4-2)29(26,27)20-12-8-9-17(15-20)21(25)28-16-18-13-14-24(22-18)19-10-6-5-7-11-19/h5-15H,3-4,16H2,1-2H3. The highest BCUT2D eigenvalue weighted by Crippen LogP contribution is 2.18. The van der Waals surface area contributed by atoms with E-state index in [9.17, 15) is 13.2 Å². The smallest absolute Gasteiger partial charge is 0.338 e. The fourth-order valence-corrected chi connectivity index (χ4v) is 4.39. The van der Waals surface area contributed by atoms with Crippen LogP contribution in [0.15, 0.2) is 71.8 Å². The summed E-state index contributed by atoms with van der Waals surface area (Å²) in [6.07, 6.45) is 1.79. The fraction of sp³-hybridized carbons (Fsp3) is 0.238. The lowest BCUT2D eigenvalue weighted by Crippen LogP contribution is -2.30. The number of sulfonamides is 1. The molecule has 29 heavy (non-hydrogen) atoms. The van der Waals surface area contributed by atoms with Crippen molar-refractivity contribution in [2.24, 2.45) is 0 Å². The first-order valence-electron chi connectivity index (χ1n) is 9.33. The van der Waals surface area contributed by atoms with Crippen molar-refractivity contribution in [2.45, 2.75) is 25.3 Å². The molecule has 0 unspecified atom stereocenters. The lowest BCUT2D eigenvalue weighted by molar-refractivity contribution is 0.0467. The van der Waals surface area contributed by atoms with E-state index in [4.69, 9.17) is 4.74 Å². The summed E-state index contributed by atoms with van der Waals surface area (Å²) in [5.74, 6) is -0.601. The van der Waals surface area contributed by atoms with Crippen molar-refractivity contribution >= 4 is 16.0 Å². The van der Waals surface area contributed by atoms with E-state index in [-0.39, 0.29) is 17.1 Å². The van der Waals surface area contributed by atoms with Gasteiger partial charge in [0.1, 0.15) is 12.3 Å². The second-order valence-electron chi connectivity index (χ2n) is 6.28. The number of hydrogen-bond donors (Lipinski definition) is 0. The number of hydrogen-bond acceptors (Lipinski definition) is 5. The van der Waals surface area contributed by atoms with Crippen molar-refractivity contribution in [1.82, 2.24) is 14.1 Å². The van der Waals surface area contributed by atoms with Gasteiger partial charge in [0.2, 0.25) is 10.0 Å². The number of benzene rings is 2. The molecular formula is C21H23N3O4S. The molecule has 8 heteroatoms. The van der Waals surface area contributed by atoms with Gasteiger partial charge in [0, 0.05) is 19.3 Å². The minimum atomic E-state index is -3.64. The lowest BCUT2D eigenvalue weighted by atomic mass is 10.2. The molecule has 152 valence electrons. The Bertz CT molecular complexity index is 1070. The van der Waals surface area contributed by atoms with E-state index < -0.39 is 16.0 Å². The Kier molecular flexibility index (Phi) is 6.46. The predicted molar refractivity (Wildman–Crippen MR) is 109 cm³/mol. The van der Waals surface area contributed by atoms with Crippen LogP contribution in [0.5, 0.6) is 0 Å². The number of para-hydroxylation sites is 1.